The van der Waals surface area contributed by atoms with Crippen molar-refractivity contribution in [1.82, 2.24) is 5.32 Å². The number of nitrogens with one attached hydrogen (secondary N) is 2. The molecule has 4 rings (SSSR count). The Bertz CT molecular complexity index is 904. The average Bonchev–Trinajstić information content (AvgIpc) is 3.32. The minimum absolute atomic E-state index is 0.0171. The Morgan fingerprint density at radius 2 is 1.93 bits per heavy atom. The topological polar surface area (TPSA) is 57.5 Å². The first-order chi connectivity index (χ1) is 13.2. The van der Waals surface area contributed by atoms with Gasteiger partial charge in [0.25, 0.3) is 0 Å². The van der Waals surface area contributed by atoms with Crippen molar-refractivity contribution in [2.75, 3.05) is 16.8 Å². The molecule has 1 aromatic heterocycles. The number of nitrogens with zero attached hydrogens (tertiary/aromatic N) is 1. The molecular formula is C22H23N3O2. The van der Waals surface area contributed by atoms with Crippen molar-refractivity contribution in [1.29, 1.82) is 0 Å². The van der Waals surface area contributed by atoms with Gasteiger partial charge in [0.05, 0.1) is 6.26 Å². The third kappa shape index (κ3) is 3.97. The second kappa shape index (κ2) is 7.58. The molecule has 0 saturated carbocycles. The predicted molar refractivity (Wildman–Crippen MR) is 108 cm³/mol. The van der Waals surface area contributed by atoms with Crippen LogP contribution in [0.25, 0.3) is 0 Å². The number of hydrogen-bond donors (Lipinski definition) is 2. The highest BCUT2D eigenvalue weighted by molar-refractivity contribution is 5.89. The molecule has 27 heavy (non-hydrogen) atoms. The van der Waals surface area contributed by atoms with Crippen LogP contribution in [0.3, 0.4) is 0 Å². The number of furan rings is 1. The van der Waals surface area contributed by atoms with Crippen LogP contribution in [0.4, 0.5) is 21.9 Å². The van der Waals surface area contributed by atoms with E-state index in [-0.39, 0.29) is 12.1 Å². The Labute approximate surface area is 159 Å². The molecule has 3 aromatic rings. The Morgan fingerprint density at radius 3 is 2.70 bits per heavy atom. The zero-order chi connectivity index (χ0) is 18.6. The first-order valence-corrected chi connectivity index (χ1v) is 9.24. The molecule has 0 fully saturated rings. The number of fused-ring (bicyclic) bond motifs is 1. The summed E-state index contributed by atoms with van der Waals surface area (Å²) in [5.74, 6) is 0.859. The summed E-state index contributed by atoms with van der Waals surface area (Å²) in [7, 11) is 0. The summed E-state index contributed by atoms with van der Waals surface area (Å²) in [5.41, 5.74) is 4.55. The number of amides is 2. The molecule has 0 saturated heterocycles. The van der Waals surface area contributed by atoms with Crippen LogP contribution in [0.5, 0.6) is 0 Å². The normalized spacial score (nSPS) is 13.9. The molecular weight excluding hydrogens is 338 g/mol. The Balaban J connectivity index is 1.35. The second-order valence-corrected chi connectivity index (χ2v) is 6.86. The zero-order valence-electron chi connectivity index (χ0n) is 15.3. The van der Waals surface area contributed by atoms with Crippen LogP contribution < -0.4 is 15.5 Å². The lowest BCUT2D eigenvalue weighted by Crippen LogP contribution is -2.37. The van der Waals surface area contributed by atoms with Gasteiger partial charge in [-0.25, -0.2) is 4.79 Å². The van der Waals surface area contributed by atoms with Gasteiger partial charge in [0.15, 0.2) is 0 Å². The van der Waals surface area contributed by atoms with Crippen molar-refractivity contribution in [3.63, 3.8) is 0 Å². The molecule has 1 aliphatic rings. The minimum Gasteiger partial charge on any atom is -0.469 e. The van der Waals surface area contributed by atoms with Crippen LogP contribution in [0.1, 0.15) is 18.2 Å². The molecule has 2 aromatic carbocycles. The average molecular weight is 361 g/mol. The number of para-hydroxylation sites is 1. The van der Waals surface area contributed by atoms with Gasteiger partial charge in [-0.3, -0.25) is 0 Å². The molecule has 1 aliphatic heterocycles. The summed E-state index contributed by atoms with van der Waals surface area (Å²) in [6.07, 6.45) is 3.36. The van der Waals surface area contributed by atoms with Crippen LogP contribution in [0.2, 0.25) is 0 Å². The molecule has 2 heterocycles. The molecule has 0 spiro atoms. The molecule has 0 bridgehead atoms. The van der Waals surface area contributed by atoms with Gasteiger partial charge in [-0.05, 0) is 61.4 Å². The van der Waals surface area contributed by atoms with Crippen molar-refractivity contribution < 1.29 is 9.21 Å². The van der Waals surface area contributed by atoms with Crippen molar-refractivity contribution in [3.05, 3.63) is 78.3 Å². The number of carbonyl (C=O) groups excluding carboxylic acids is 1. The SMILES string of the molecule is CC(Cc1ccco1)NC(=O)Nc1ccc(N2CCc3ccccc32)cc1. The second-order valence-electron chi connectivity index (χ2n) is 6.86. The van der Waals surface area contributed by atoms with E-state index in [0.717, 1.165) is 30.1 Å². The van der Waals surface area contributed by atoms with Crippen LogP contribution in [-0.2, 0) is 12.8 Å². The highest BCUT2D eigenvalue weighted by Crippen LogP contribution is 2.34. The summed E-state index contributed by atoms with van der Waals surface area (Å²) < 4.78 is 5.31. The fraction of sp³-hybridized carbons (Fsp3) is 0.227. The summed E-state index contributed by atoms with van der Waals surface area (Å²) in [6, 6.07) is 20.0. The maximum absolute atomic E-state index is 12.2. The molecule has 2 amide bonds. The smallest absolute Gasteiger partial charge is 0.319 e. The van der Waals surface area contributed by atoms with Gasteiger partial charge in [-0.2, -0.15) is 0 Å². The first-order valence-electron chi connectivity index (χ1n) is 9.24. The number of benzene rings is 2. The van der Waals surface area contributed by atoms with E-state index in [2.05, 4.69) is 39.8 Å². The predicted octanol–water partition coefficient (Wildman–Crippen LogP) is 4.73. The van der Waals surface area contributed by atoms with Crippen LogP contribution >= 0.6 is 0 Å². The molecule has 5 heteroatoms. The Kier molecular flexibility index (Phi) is 4.83. The largest absolute Gasteiger partial charge is 0.469 e. The van der Waals surface area contributed by atoms with E-state index in [4.69, 9.17) is 4.42 Å². The number of anilines is 3. The molecule has 0 radical (unpaired) electrons. The quantitative estimate of drug-likeness (QED) is 0.691. The van der Waals surface area contributed by atoms with Gasteiger partial charge in [0.2, 0.25) is 0 Å². The summed E-state index contributed by atoms with van der Waals surface area (Å²) in [6.45, 7) is 2.94. The number of urea groups is 1. The molecule has 2 N–H and O–H groups in total. The lowest BCUT2D eigenvalue weighted by molar-refractivity contribution is 0.248. The number of hydrogen-bond acceptors (Lipinski definition) is 3. The highest BCUT2D eigenvalue weighted by atomic mass is 16.3. The Hall–Kier alpha value is -3.21. The maximum atomic E-state index is 12.2. The fourth-order valence-electron chi connectivity index (χ4n) is 3.50. The van der Waals surface area contributed by atoms with E-state index in [1.54, 1.807) is 6.26 Å². The monoisotopic (exact) mass is 361 g/mol. The molecule has 0 aliphatic carbocycles. The van der Waals surface area contributed by atoms with E-state index in [0.29, 0.717) is 6.42 Å². The highest BCUT2D eigenvalue weighted by Gasteiger charge is 2.19. The maximum Gasteiger partial charge on any atom is 0.319 e. The zero-order valence-corrected chi connectivity index (χ0v) is 15.3. The van der Waals surface area contributed by atoms with Crippen molar-refractivity contribution in [2.45, 2.75) is 25.8 Å². The molecule has 1 unspecified atom stereocenters. The van der Waals surface area contributed by atoms with Gasteiger partial charge >= 0.3 is 6.03 Å². The summed E-state index contributed by atoms with van der Waals surface area (Å²) in [4.78, 5) is 14.5. The van der Waals surface area contributed by atoms with E-state index in [1.165, 1.54) is 11.3 Å². The molecule has 5 nitrogen and oxygen atoms in total. The van der Waals surface area contributed by atoms with Crippen molar-refractivity contribution in [3.8, 4) is 0 Å². The third-order valence-electron chi connectivity index (χ3n) is 4.79. The fourth-order valence-corrected chi connectivity index (χ4v) is 3.50. The van der Waals surface area contributed by atoms with E-state index >= 15 is 0 Å². The van der Waals surface area contributed by atoms with Gasteiger partial charge in [0.1, 0.15) is 5.76 Å². The summed E-state index contributed by atoms with van der Waals surface area (Å²) >= 11 is 0. The van der Waals surface area contributed by atoms with Crippen molar-refractivity contribution in [2.24, 2.45) is 0 Å². The van der Waals surface area contributed by atoms with Gasteiger partial charge in [0, 0.05) is 36.1 Å². The van der Waals surface area contributed by atoms with Gasteiger partial charge in [-0.1, -0.05) is 18.2 Å². The standard InChI is InChI=1S/C22H23N3O2/c1-16(15-20-6-4-14-27-20)23-22(26)24-18-8-10-19(11-9-18)25-13-12-17-5-2-3-7-21(17)25/h2-11,14,16H,12-13,15H2,1H3,(H2,23,24,26). The van der Waals surface area contributed by atoms with E-state index in [1.807, 2.05) is 43.3 Å². The Morgan fingerprint density at radius 1 is 1.11 bits per heavy atom. The third-order valence-corrected chi connectivity index (χ3v) is 4.79. The van der Waals surface area contributed by atoms with Crippen molar-refractivity contribution >= 4 is 23.1 Å². The van der Waals surface area contributed by atoms with Gasteiger partial charge < -0.3 is 20.0 Å². The first kappa shape index (κ1) is 17.2. The lowest BCUT2D eigenvalue weighted by atomic mass is 10.2. The minimum atomic E-state index is -0.215. The lowest BCUT2D eigenvalue weighted by Gasteiger charge is -2.20. The molecule has 1 atom stereocenters. The van der Waals surface area contributed by atoms with E-state index < -0.39 is 0 Å². The van der Waals surface area contributed by atoms with E-state index in [9.17, 15) is 4.79 Å². The van der Waals surface area contributed by atoms with Crippen LogP contribution in [-0.4, -0.2) is 18.6 Å². The van der Waals surface area contributed by atoms with Crippen LogP contribution in [0, 0.1) is 0 Å². The molecule has 138 valence electrons. The van der Waals surface area contributed by atoms with Crippen LogP contribution in [0.15, 0.2) is 71.3 Å². The summed E-state index contributed by atoms with van der Waals surface area (Å²) in [5, 5.41) is 5.82. The number of carbonyl (C=O) groups is 1. The number of rotatable bonds is 5. The van der Waals surface area contributed by atoms with Gasteiger partial charge in [-0.15, -0.1) is 0 Å².